The third kappa shape index (κ3) is 18.2. The van der Waals surface area contributed by atoms with Gasteiger partial charge in [-0.15, -0.1) is 0 Å². The molecule has 1 aliphatic heterocycles. The van der Waals surface area contributed by atoms with E-state index in [0.29, 0.717) is 18.4 Å². The number of carbonyl (C=O) groups is 8. The summed E-state index contributed by atoms with van der Waals surface area (Å²) in [6, 6.07) is 10.8. The molecule has 1 aliphatic rings. The van der Waals surface area contributed by atoms with E-state index >= 15 is 0 Å². The van der Waals surface area contributed by atoms with Crippen LogP contribution in [-0.2, 0) is 60.6 Å². The van der Waals surface area contributed by atoms with Gasteiger partial charge in [0, 0.05) is 45.0 Å². The third-order valence-corrected chi connectivity index (χ3v) is 12.7. The number of nitrogens with zero attached hydrogens (tertiary/aromatic N) is 2. The van der Waals surface area contributed by atoms with Crippen LogP contribution in [0.2, 0.25) is 0 Å². The third-order valence-electron chi connectivity index (χ3n) is 12.7. The summed E-state index contributed by atoms with van der Waals surface area (Å²) in [4.78, 5) is 113. The summed E-state index contributed by atoms with van der Waals surface area (Å²) in [5.41, 5.74) is 2.24. The SMILES string of the molecule is C/C=C(\C)[C@H]1OC(=O)[C@@H](C)NC(=O)[C@H](C(C)CC)NC(=O)CN(C)C(=O)[C@@H](Cc2ccccc2)N(C)C(=O)[C@H](C)NC(=O)[C@@H](CC(C)C)OC(=O)/C(C)=C/C[C@H](OC(=O)NCCc2ccc(O)cc2)[C@@H]1C. The van der Waals surface area contributed by atoms with Gasteiger partial charge in [-0.05, 0) is 88.1 Å². The summed E-state index contributed by atoms with van der Waals surface area (Å²) in [6.07, 6.45) is 0.0495. The van der Waals surface area contributed by atoms with Gasteiger partial charge < -0.3 is 50.4 Å². The Bertz CT molecular complexity index is 2210. The molecule has 18 nitrogen and oxygen atoms in total. The van der Waals surface area contributed by atoms with Crippen LogP contribution in [0.1, 0.15) is 99.6 Å². The van der Waals surface area contributed by atoms with Crippen LogP contribution < -0.4 is 21.3 Å². The summed E-state index contributed by atoms with van der Waals surface area (Å²) in [7, 11) is 2.83. The van der Waals surface area contributed by atoms with E-state index in [2.05, 4.69) is 21.3 Å². The molecule has 1 unspecified atom stereocenters. The zero-order chi connectivity index (χ0) is 53.1. The molecular formula is C53H76N6O12. The number of allylic oxidation sites excluding steroid dienone is 1. The summed E-state index contributed by atoms with van der Waals surface area (Å²) >= 11 is 0. The van der Waals surface area contributed by atoms with Gasteiger partial charge in [-0.3, -0.25) is 24.0 Å². The molecule has 0 saturated carbocycles. The quantitative estimate of drug-likeness (QED) is 0.115. The molecule has 5 N–H and O–H groups in total. The molecule has 0 aliphatic carbocycles. The lowest BCUT2D eigenvalue weighted by atomic mass is 9.90. The topological polar surface area (TPSA) is 239 Å². The number of likely N-dealkylation sites (N-methyl/N-ethyl adjacent to an activating group) is 2. The van der Waals surface area contributed by atoms with E-state index in [1.54, 1.807) is 70.2 Å². The van der Waals surface area contributed by atoms with Crippen molar-refractivity contribution in [2.45, 2.75) is 144 Å². The van der Waals surface area contributed by atoms with Gasteiger partial charge in [-0.2, -0.15) is 0 Å². The van der Waals surface area contributed by atoms with Gasteiger partial charge >= 0.3 is 18.0 Å². The number of aromatic hydroxyl groups is 1. The molecule has 2 aromatic rings. The Labute approximate surface area is 418 Å². The molecule has 0 fully saturated rings. The van der Waals surface area contributed by atoms with Crippen molar-refractivity contribution in [2.75, 3.05) is 27.2 Å². The van der Waals surface area contributed by atoms with Gasteiger partial charge in [0.15, 0.2) is 6.10 Å². The molecule has 0 aromatic heterocycles. The minimum atomic E-state index is -1.33. The summed E-state index contributed by atoms with van der Waals surface area (Å²) < 4.78 is 17.9. The number of esters is 2. The Balaban J connectivity index is 2.09. The molecule has 18 heteroatoms. The number of hydrogen-bond donors (Lipinski definition) is 5. The lowest BCUT2D eigenvalue weighted by Crippen LogP contribution is -2.57. The van der Waals surface area contributed by atoms with Crippen molar-refractivity contribution < 1.29 is 57.7 Å². The first-order chi connectivity index (χ1) is 33.5. The summed E-state index contributed by atoms with van der Waals surface area (Å²) in [5.74, 6) is -6.17. The lowest BCUT2D eigenvalue weighted by Gasteiger charge is -2.33. The highest BCUT2D eigenvalue weighted by Crippen LogP contribution is 2.26. The van der Waals surface area contributed by atoms with Crippen LogP contribution in [0.5, 0.6) is 5.75 Å². The predicted octanol–water partition coefficient (Wildman–Crippen LogP) is 4.92. The maximum absolute atomic E-state index is 14.3. The maximum Gasteiger partial charge on any atom is 0.407 e. The number of alkyl carbamates (subject to hydrolysis) is 1. The number of benzene rings is 2. The Morgan fingerprint density at radius 3 is 2.11 bits per heavy atom. The first kappa shape index (κ1) is 58.6. The molecule has 9 atom stereocenters. The number of cyclic esters (lactones) is 2. The second-order valence-corrected chi connectivity index (χ2v) is 18.9. The van der Waals surface area contributed by atoms with E-state index in [0.717, 1.165) is 16.0 Å². The maximum atomic E-state index is 14.3. The number of ether oxygens (including phenoxy) is 3. The number of rotatable bonds is 11. The van der Waals surface area contributed by atoms with Gasteiger partial charge in [0.05, 0.1) is 6.54 Å². The summed E-state index contributed by atoms with van der Waals surface area (Å²) in [6.45, 7) is 16.5. The van der Waals surface area contributed by atoms with Crippen LogP contribution in [0.25, 0.3) is 0 Å². The number of phenols is 1. The van der Waals surface area contributed by atoms with Crippen LogP contribution in [0.4, 0.5) is 4.79 Å². The van der Waals surface area contributed by atoms with Crippen LogP contribution in [-0.4, -0.2) is 132 Å². The van der Waals surface area contributed by atoms with Crippen LogP contribution in [0, 0.1) is 17.8 Å². The highest BCUT2D eigenvalue weighted by molar-refractivity contribution is 5.96. The molecule has 0 bridgehead atoms. The Kier molecular flexibility index (Phi) is 23.3. The predicted molar refractivity (Wildman–Crippen MR) is 267 cm³/mol. The first-order valence-corrected chi connectivity index (χ1v) is 24.4. The van der Waals surface area contributed by atoms with E-state index in [-0.39, 0.29) is 43.0 Å². The van der Waals surface area contributed by atoms with E-state index in [9.17, 15) is 43.5 Å². The zero-order valence-corrected chi connectivity index (χ0v) is 43.4. The Hall–Kier alpha value is -6.72. The van der Waals surface area contributed by atoms with Crippen molar-refractivity contribution in [3.63, 3.8) is 0 Å². The fourth-order valence-corrected chi connectivity index (χ4v) is 7.84. The molecule has 6 amide bonds. The van der Waals surface area contributed by atoms with Gasteiger partial charge in [0.1, 0.15) is 42.1 Å². The molecule has 1 heterocycles. The molecule has 3 rings (SSSR count). The highest BCUT2D eigenvalue weighted by Gasteiger charge is 2.37. The summed E-state index contributed by atoms with van der Waals surface area (Å²) in [5, 5.41) is 20.5. The molecular weight excluding hydrogens is 913 g/mol. The van der Waals surface area contributed by atoms with Crippen molar-refractivity contribution in [1.82, 2.24) is 31.1 Å². The fraction of sp³-hybridized carbons (Fsp3) is 0.547. The second-order valence-electron chi connectivity index (χ2n) is 18.9. The second kappa shape index (κ2) is 28.2. The molecule has 390 valence electrons. The van der Waals surface area contributed by atoms with Gasteiger partial charge in [0.25, 0.3) is 5.91 Å². The van der Waals surface area contributed by atoms with Crippen LogP contribution in [0.15, 0.2) is 77.9 Å². The number of carbonyl (C=O) groups excluding carboxylic acids is 8. The zero-order valence-electron chi connectivity index (χ0n) is 43.4. The standard InChI is InChI=1S/C53H76N6O12/c1-13-32(5)45-48(63)56-37(10)52(67)71-46(33(6)14-2)35(8)42(70-53(68)54-27-26-38-21-23-40(60)24-22-38)25-20-34(7)51(66)69-43(28-31(3)4)47(62)55-36(9)49(64)59(12)41(29-39-18-16-15-17-19-39)50(65)58(11)30-44(61)57-45/h14-24,31-32,35-37,41-43,45-46,60H,13,25-30H2,1-12H3,(H,54,68)(H,55,62)(H,56,63)(H,57,61)/b33-14+,34-20+/t32?,35-,36-,37+,41+,42-,43+,45-,46+/m0/s1. The van der Waals surface area contributed by atoms with Crippen molar-refractivity contribution in [3.05, 3.63) is 89.0 Å². The van der Waals surface area contributed by atoms with Gasteiger partial charge in [-0.1, -0.05) is 95.7 Å². The normalized spacial score (nSPS) is 25.7. The van der Waals surface area contributed by atoms with Crippen molar-refractivity contribution in [1.29, 1.82) is 0 Å². The highest BCUT2D eigenvalue weighted by atomic mass is 16.6. The number of nitrogens with one attached hydrogen (secondary N) is 4. The van der Waals surface area contributed by atoms with Crippen molar-refractivity contribution >= 4 is 47.6 Å². The van der Waals surface area contributed by atoms with Crippen molar-refractivity contribution in [2.24, 2.45) is 17.8 Å². The van der Waals surface area contributed by atoms with Gasteiger partial charge in [0.2, 0.25) is 23.6 Å². The number of hydrogen-bond acceptors (Lipinski definition) is 12. The minimum Gasteiger partial charge on any atom is -0.508 e. The number of amides is 6. The van der Waals surface area contributed by atoms with E-state index < -0.39 is 108 Å². The largest absolute Gasteiger partial charge is 0.508 e. The molecule has 0 saturated heterocycles. The molecule has 0 spiro atoms. The van der Waals surface area contributed by atoms with E-state index in [1.807, 2.05) is 26.8 Å². The lowest BCUT2D eigenvalue weighted by molar-refractivity contribution is -0.155. The van der Waals surface area contributed by atoms with E-state index in [4.69, 9.17) is 14.2 Å². The number of phenolic OH excluding ortho intramolecular Hbond substituents is 1. The van der Waals surface area contributed by atoms with E-state index in [1.165, 1.54) is 58.0 Å². The monoisotopic (exact) mass is 989 g/mol. The Morgan fingerprint density at radius 1 is 0.873 bits per heavy atom. The average Bonchev–Trinajstić information content (AvgIpc) is 3.33. The first-order valence-electron chi connectivity index (χ1n) is 24.4. The minimum absolute atomic E-state index is 0.0599. The molecule has 71 heavy (non-hydrogen) atoms. The smallest absolute Gasteiger partial charge is 0.407 e. The average molecular weight is 989 g/mol. The van der Waals surface area contributed by atoms with Crippen LogP contribution >= 0.6 is 0 Å². The van der Waals surface area contributed by atoms with Crippen molar-refractivity contribution in [3.8, 4) is 5.75 Å². The molecule has 0 radical (unpaired) electrons. The fourth-order valence-electron chi connectivity index (χ4n) is 7.84. The molecule has 2 aromatic carbocycles. The van der Waals surface area contributed by atoms with Gasteiger partial charge in [-0.25, -0.2) is 14.4 Å². The van der Waals surface area contributed by atoms with Crippen LogP contribution in [0.3, 0.4) is 0 Å². The Morgan fingerprint density at radius 2 is 1.51 bits per heavy atom.